The highest BCUT2D eigenvalue weighted by atomic mass is 16.6. The summed E-state index contributed by atoms with van der Waals surface area (Å²) in [5, 5.41) is 11.4. The number of benzene rings is 3. The minimum atomic E-state index is -0.847. The Labute approximate surface area is 221 Å². The van der Waals surface area contributed by atoms with Gasteiger partial charge in [-0.25, -0.2) is 0 Å². The van der Waals surface area contributed by atoms with Crippen molar-refractivity contribution in [3.05, 3.63) is 83.4 Å². The van der Waals surface area contributed by atoms with Crippen molar-refractivity contribution in [3.63, 3.8) is 0 Å². The van der Waals surface area contributed by atoms with Gasteiger partial charge >= 0.3 is 0 Å². The number of ketones is 1. The lowest BCUT2D eigenvalue weighted by molar-refractivity contribution is -0.132. The van der Waals surface area contributed by atoms with E-state index in [1.807, 2.05) is 57.1 Å². The molecule has 196 valence electrons. The van der Waals surface area contributed by atoms with Crippen molar-refractivity contribution < 1.29 is 28.9 Å². The van der Waals surface area contributed by atoms with E-state index in [1.165, 1.54) is 4.90 Å². The number of anilines is 2. The zero-order valence-corrected chi connectivity index (χ0v) is 21.8. The third-order valence-electron chi connectivity index (χ3n) is 6.47. The van der Waals surface area contributed by atoms with E-state index in [9.17, 15) is 14.7 Å². The smallest absolute Gasteiger partial charge is 0.300 e. The van der Waals surface area contributed by atoms with E-state index >= 15 is 0 Å². The Morgan fingerprint density at radius 2 is 1.61 bits per heavy atom. The van der Waals surface area contributed by atoms with Crippen LogP contribution in [0, 0.1) is 0 Å². The fourth-order valence-electron chi connectivity index (χ4n) is 4.67. The molecule has 0 radical (unpaired) electrons. The lowest BCUT2D eigenvalue weighted by Crippen LogP contribution is -2.29. The fourth-order valence-corrected chi connectivity index (χ4v) is 4.67. The number of aliphatic hydroxyl groups is 1. The average Bonchev–Trinajstić information content (AvgIpc) is 3.18. The standard InChI is InChI=1S/C30H30N2O6/c1-18(2)38-23-12-7-20(8-13-23)28(33)26-27(19-5-9-21(10-6-19)31(3)4)32(30(35)29(26)34)22-11-14-24-25(17-22)37-16-15-36-24/h5-14,17-18,27,33H,15-16H2,1-4H3/b28-26+. The van der Waals surface area contributed by atoms with E-state index in [-0.39, 0.29) is 17.4 Å². The number of carbonyl (C=O) groups is 2. The van der Waals surface area contributed by atoms with Gasteiger partial charge in [-0.3, -0.25) is 14.5 Å². The monoisotopic (exact) mass is 514 g/mol. The molecule has 1 N–H and O–H groups in total. The Morgan fingerprint density at radius 3 is 2.24 bits per heavy atom. The van der Waals surface area contributed by atoms with E-state index in [0.717, 1.165) is 5.69 Å². The molecule has 0 aliphatic carbocycles. The van der Waals surface area contributed by atoms with Crippen LogP contribution >= 0.6 is 0 Å². The summed E-state index contributed by atoms with van der Waals surface area (Å²) in [5.41, 5.74) is 2.55. The molecule has 0 aromatic heterocycles. The zero-order chi connectivity index (χ0) is 27.0. The van der Waals surface area contributed by atoms with Crippen LogP contribution in [0.15, 0.2) is 72.3 Å². The van der Waals surface area contributed by atoms with Gasteiger partial charge in [-0.1, -0.05) is 12.1 Å². The molecule has 1 saturated heterocycles. The second-order valence-corrected chi connectivity index (χ2v) is 9.67. The van der Waals surface area contributed by atoms with Gasteiger partial charge < -0.3 is 24.2 Å². The van der Waals surface area contributed by atoms with Crippen molar-refractivity contribution >= 4 is 28.8 Å². The number of hydrogen-bond acceptors (Lipinski definition) is 7. The number of amides is 1. The summed E-state index contributed by atoms with van der Waals surface area (Å²) in [6.07, 6.45) is -0.00379. The molecule has 1 fully saturated rings. The first-order valence-electron chi connectivity index (χ1n) is 12.5. The molecule has 2 aliphatic heterocycles. The quantitative estimate of drug-likeness (QED) is 0.283. The van der Waals surface area contributed by atoms with Gasteiger partial charge in [0.2, 0.25) is 0 Å². The van der Waals surface area contributed by atoms with Crippen LogP contribution in [0.3, 0.4) is 0 Å². The molecule has 3 aromatic rings. The Hall–Kier alpha value is -4.46. The van der Waals surface area contributed by atoms with Crippen molar-refractivity contribution in [2.24, 2.45) is 0 Å². The van der Waals surface area contributed by atoms with Crippen LogP contribution in [0.4, 0.5) is 11.4 Å². The third-order valence-corrected chi connectivity index (χ3v) is 6.47. The zero-order valence-electron chi connectivity index (χ0n) is 21.8. The highest BCUT2D eigenvalue weighted by Gasteiger charge is 2.47. The second kappa shape index (κ2) is 10.1. The number of fused-ring (bicyclic) bond motifs is 1. The molecule has 1 unspecified atom stereocenters. The van der Waals surface area contributed by atoms with E-state index in [0.29, 0.717) is 47.3 Å². The van der Waals surface area contributed by atoms with Gasteiger partial charge in [0.05, 0.1) is 17.7 Å². The summed E-state index contributed by atoms with van der Waals surface area (Å²) in [4.78, 5) is 30.3. The first-order valence-corrected chi connectivity index (χ1v) is 12.5. The van der Waals surface area contributed by atoms with Gasteiger partial charge in [0.1, 0.15) is 24.7 Å². The summed E-state index contributed by atoms with van der Waals surface area (Å²) >= 11 is 0. The summed E-state index contributed by atoms with van der Waals surface area (Å²) in [6, 6.07) is 18.7. The fraction of sp³-hybridized carbons (Fsp3) is 0.267. The Bertz CT molecular complexity index is 1390. The molecule has 38 heavy (non-hydrogen) atoms. The van der Waals surface area contributed by atoms with Gasteiger partial charge in [-0.05, 0) is 67.9 Å². The predicted molar refractivity (Wildman–Crippen MR) is 145 cm³/mol. The molecule has 1 atom stereocenters. The van der Waals surface area contributed by atoms with E-state index < -0.39 is 17.7 Å². The maximum atomic E-state index is 13.5. The van der Waals surface area contributed by atoms with Crippen LogP contribution in [0.5, 0.6) is 17.2 Å². The molecule has 0 spiro atoms. The summed E-state index contributed by atoms with van der Waals surface area (Å²) in [7, 11) is 3.87. The minimum absolute atomic E-state index is 0.00379. The molecule has 2 heterocycles. The van der Waals surface area contributed by atoms with Gasteiger partial charge in [0.25, 0.3) is 11.7 Å². The first-order chi connectivity index (χ1) is 18.2. The maximum absolute atomic E-state index is 13.5. The van der Waals surface area contributed by atoms with Crippen LogP contribution in [0.1, 0.15) is 31.0 Å². The maximum Gasteiger partial charge on any atom is 0.300 e. The van der Waals surface area contributed by atoms with E-state index in [1.54, 1.807) is 42.5 Å². The molecular formula is C30H30N2O6. The van der Waals surface area contributed by atoms with Crippen LogP contribution < -0.4 is 24.0 Å². The summed E-state index contributed by atoms with van der Waals surface area (Å²) in [6.45, 7) is 4.68. The number of rotatable bonds is 6. The van der Waals surface area contributed by atoms with Crippen LogP contribution in [-0.4, -0.2) is 50.2 Å². The largest absolute Gasteiger partial charge is 0.507 e. The Balaban J connectivity index is 1.63. The number of carbonyl (C=O) groups excluding carboxylic acids is 2. The van der Waals surface area contributed by atoms with Crippen molar-refractivity contribution in [1.82, 2.24) is 0 Å². The lowest BCUT2D eigenvalue weighted by Gasteiger charge is -2.27. The minimum Gasteiger partial charge on any atom is -0.507 e. The Kier molecular flexibility index (Phi) is 6.72. The van der Waals surface area contributed by atoms with Crippen molar-refractivity contribution in [2.45, 2.75) is 26.0 Å². The molecule has 8 nitrogen and oxygen atoms in total. The lowest BCUT2D eigenvalue weighted by atomic mass is 9.95. The van der Waals surface area contributed by atoms with Crippen molar-refractivity contribution in [2.75, 3.05) is 37.1 Å². The molecule has 0 bridgehead atoms. The SMILES string of the molecule is CC(C)Oc1ccc(/C(O)=C2\C(=O)C(=O)N(c3ccc4c(c3)OCCO4)C2c2ccc(N(C)C)cc2)cc1. The van der Waals surface area contributed by atoms with Gasteiger partial charge in [0.15, 0.2) is 11.5 Å². The molecule has 2 aliphatic rings. The van der Waals surface area contributed by atoms with Crippen molar-refractivity contribution in [1.29, 1.82) is 0 Å². The molecular weight excluding hydrogens is 484 g/mol. The van der Waals surface area contributed by atoms with Crippen LogP contribution in [0.25, 0.3) is 5.76 Å². The van der Waals surface area contributed by atoms with Crippen molar-refractivity contribution in [3.8, 4) is 17.2 Å². The topological polar surface area (TPSA) is 88.5 Å². The van der Waals surface area contributed by atoms with Gasteiger partial charge in [-0.15, -0.1) is 0 Å². The molecule has 3 aromatic carbocycles. The highest BCUT2D eigenvalue weighted by Crippen LogP contribution is 2.44. The normalized spacial score (nSPS) is 18.1. The molecule has 5 rings (SSSR count). The molecule has 8 heteroatoms. The van der Waals surface area contributed by atoms with Crippen LogP contribution in [-0.2, 0) is 9.59 Å². The first kappa shape index (κ1) is 25.2. The van der Waals surface area contributed by atoms with Crippen LogP contribution in [0.2, 0.25) is 0 Å². The van der Waals surface area contributed by atoms with E-state index in [4.69, 9.17) is 14.2 Å². The van der Waals surface area contributed by atoms with Gasteiger partial charge in [0, 0.05) is 37.1 Å². The van der Waals surface area contributed by atoms with E-state index in [2.05, 4.69) is 0 Å². The number of nitrogens with zero attached hydrogens (tertiary/aromatic N) is 2. The second-order valence-electron chi connectivity index (χ2n) is 9.67. The number of ether oxygens (including phenoxy) is 3. The number of Topliss-reactive ketones (excluding diaryl/α,β-unsaturated/α-hetero) is 1. The summed E-state index contributed by atoms with van der Waals surface area (Å²) < 4.78 is 17.1. The predicted octanol–water partition coefficient (Wildman–Crippen LogP) is 4.94. The average molecular weight is 515 g/mol. The Morgan fingerprint density at radius 1 is 0.947 bits per heavy atom. The van der Waals surface area contributed by atoms with Gasteiger partial charge in [-0.2, -0.15) is 0 Å². The number of hydrogen-bond donors (Lipinski definition) is 1. The highest BCUT2D eigenvalue weighted by molar-refractivity contribution is 6.51. The number of aliphatic hydroxyl groups excluding tert-OH is 1. The molecule has 1 amide bonds. The summed E-state index contributed by atoms with van der Waals surface area (Å²) in [5.74, 6) is -0.0261. The third kappa shape index (κ3) is 4.65. The molecule has 0 saturated carbocycles.